The van der Waals surface area contributed by atoms with Crippen LogP contribution in [-0.4, -0.2) is 10.2 Å². The van der Waals surface area contributed by atoms with Gasteiger partial charge in [0.25, 0.3) is 0 Å². The number of rotatable bonds is 0. The topological polar surface area (TPSA) is 184 Å². The van der Waals surface area contributed by atoms with Crippen molar-refractivity contribution in [1.29, 1.82) is 0 Å². The van der Waals surface area contributed by atoms with Gasteiger partial charge in [-0.25, -0.2) is 0 Å². The van der Waals surface area contributed by atoms with E-state index in [9.17, 15) is 0 Å². The van der Waals surface area contributed by atoms with Crippen molar-refractivity contribution in [2.75, 3.05) is 0 Å². The van der Waals surface area contributed by atoms with E-state index >= 15 is 0 Å². The van der Waals surface area contributed by atoms with Gasteiger partial charge < -0.3 is 30.6 Å². The van der Waals surface area contributed by atoms with E-state index in [0.717, 1.165) is 0 Å². The van der Waals surface area contributed by atoms with Gasteiger partial charge in [0.2, 0.25) is 0 Å². The van der Waals surface area contributed by atoms with Crippen molar-refractivity contribution in [1.82, 2.24) is 0 Å². The second kappa shape index (κ2) is 23.2. The Bertz CT molecular complexity index is 72.6. The summed E-state index contributed by atoms with van der Waals surface area (Å²) in [5.41, 5.74) is 0. The molecule has 0 fully saturated rings. The number of nitrogens with two attached hydrogens (primary N) is 2. The van der Waals surface area contributed by atoms with Gasteiger partial charge in [0.15, 0.2) is 0 Å². The second-order valence-electron chi connectivity index (χ2n) is 0.447. The second-order valence-corrected chi connectivity index (χ2v) is 0.447. The van der Waals surface area contributed by atoms with Crippen molar-refractivity contribution in [2.45, 2.75) is 0 Å². The van der Waals surface area contributed by atoms with E-state index < -0.39 is 10.2 Å². The van der Waals surface area contributed by atoms with Crippen LogP contribution in [0.2, 0.25) is 0 Å². The molecule has 71 valence electrons. The predicted octanol–water partition coefficient (Wildman–Crippen LogP) is -1.66. The predicted molar refractivity (Wildman–Crippen MR) is 29.1 cm³/mol. The molecule has 0 rings (SSSR count). The van der Waals surface area contributed by atoms with Gasteiger partial charge in [0.05, 0.1) is 10.2 Å². The zero-order valence-corrected chi connectivity index (χ0v) is 5.74. The Balaban J connectivity index is -0.0000000339. The fourth-order valence-corrected chi connectivity index (χ4v) is 0. The monoisotopic (exact) mass is 219 g/mol. The molecule has 0 saturated heterocycles. The molecule has 0 atom stereocenters. The van der Waals surface area contributed by atoms with Gasteiger partial charge in [-0.1, -0.05) is 0 Å². The Labute approximate surface area is 70.4 Å². The Hall–Kier alpha value is -1.16. The van der Waals surface area contributed by atoms with Crippen molar-refractivity contribution in [2.24, 2.45) is 11.7 Å². The quantitative estimate of drug-likeness (QED) is 0.210. The maximum absolute atomic E-state index is 8.25. The maximum atomic E-state index is 8.25. The van der Waals surface area contributed by atoms with Gasteiger partial charge in [0, 0.05) is 0 Å². The molecular formula is H4CuN4O6. The number of nitrogens with zero attached hydrogens (tertiary/aromatic N) is 2. The zero-order chi connectivity index (χ0) is 9.15. The first-order valence-electron chi connectivity index (χ1n) is 1.43. The Morgan fingerprint density at radius 3 is 0.818 bits per heavy atom. The van der Waals surface area contributed by atoms with Crippen LogP contribution in [0.3, 0.4) is 0 Å². The average molecular weight is 220 g/mol. The molecule has 0 aliphatic carbocycles. The maximum Gasteiger partial charge on any atom is 2.00 e. The number of hydrazine groups is 1. The summed E-state index contributed by atoms with van der Waals surface area (Å²) in [7, 11) is 0. The molecule has 0 bridgehead atoms. The third-order valence-electron chi connectivity index (χ3n) is 0. The Morgan fingerprint density at radius 2 is 0.818 bits per heavy atom. The molecule has 0 aromatic rings. The summed E-state index contributed by atoms with van der Waals surface area (Å²) >= 11 is 0. The standard InChI is InChI=1S/Cu.H4N2.2NO3/c;1-2;2*2-1(3)4/h;1-2H2;;/q+2;;2*-1. The van der Waals surface area contributed by atoms with E-state index in [0.29, 0.717) is 0 Å². The minimum atomic E-state index is -1.75. The van der Waals surface area contributed by atoms with Crippen LogP contribution in [0, 0.1) is 30.6 Å². The molecular weight excluding hydrogens is 216 g/mol. The molecule has 0 spiro atoms. The molecule has 0 aromatic carbocycles. The largest absolute Gasteiger partial charge is 2.00 e. The molecule has 0 aliphatic heterocycles. The molecule has 0 aliphatic rings. The molecule has 0 amide bonds. The zero-order valence-electron chi connectivity index (χ0n) is 4.80. The van der Waals surface area contributed by atoms with E-state index in [1.54, 1.807) is 0 Å². The first-order chi connectivity index (χ1) is 4.46. The van der Waals surface area contributed by atoms with Crippen molar-refractivity contribution < 1.29 is 27.2 Å². The summed E-state index contributed by atoms with van der Waals surface area (Å²) in [5.74, 6) is 8.00. The van der Waals surface area contributed by atoms with Crippen LogP contribution in [-0.2, 0) is 17.1 Å². The first-order valence-corrected chi connectivity index (χ1v) is 1.43. The van der Waals surface area contributed by atoms with Gasteiger partial charge in [-0.15, -0.1) is 0 Å². The van der Waals surface area contributed by atoms with E-state index in [1.807, 2.05) is 0 Å². The number of hydrogen-bond acceptors (Lipinski definition) is 8. The van der Waals surface area contributed by atoms with Crippen molar-refractivity contribution >= 4 is 0 Å². The van der Waals surface area contributed by atoms with Gasteiger partial charge in [-0.3, -0.25) is 11.7 Å². The average Bonchev–Trinajstić information content (AvgIpc) is 1.66. The summed E-state index contributed by atoms with van der Waals surface area (Å²) in [6.45, 7) is 0. The van der Waals surface area contributed by atoms with Crippen LogP contribution in [0.1, 0.15) is 0 Å². The third kappa shape index (κ3) is 307. The van der Waals surface area contributed by atoms with Crippen LogP contribution in [0.4, 0.5) is 0 Å². The summed E-state index contributed by atoms with van der Waals surface area (Å²) in [6, 6.07) is 0. The van der Waals surface area contributed by atoms with E-state index in [2.05, 4.69) is 11.7 Å². The van der Waals surface area contributed by atoms with Crippen LogP contribution in [0.5, 0.6) is 0 Å². The van der Waals surface area contributed by atoms with E-state index in [-0.39, 0.29) is 17.1 Å². The van der Waals surface area contributed by atoms with Crippen molar-refractivity contribution in [3.8, 4) is 0 Å². The smallest absolute Gasteiger partial charge is 0.356 e. The molecule has 0 heterocycles. The SMILES string of the molecule is NN.O=[N+]([O-])[O-].O=[N+]([O-])[O-].[Cu+2]. The number of hydrogen-bond donors (Lipinski definition) is 2. The molecule has 10 nitrogen and oxygen atoms in total. The Kier molecular flexibility index (Phi) is 47.5. The van der Waals surface area contributed by atoms with Crippen LogP contribution < -0.4 is 11.7 Å². The van der Waals surface area contributed by atoms with E-state index in [4.69, 9.17) is 30.6 Å². The van der Waals surface area contributed by atoms with Crippen LogP contribution in [0.25, 0.3) is 0 Å². The molecule has 11 heteroatoms. The normalized spacial score (nSPS) is 4.91. The minimum absolute atomic E-state index is 0. The van der Waals surface area contributed by atoms with Gasteiger partial charge in [0.1, 0.15) is 0 Å². The van der Waals surface area contributed by atoms with Gasteiger partial charge >= 0.3 is 17.1 Å². The van der Waals surface area contributed by atoms with Crippen molar-refractivity contribution in [3.63, 3.8) is 0 Å². The molecule has 11 heavy (non-hydrogen) atoms. The fraction of sp³-hybridized carbons (Fsp3) is 0. The Morgan fingerprint density at radius 1 is 0.818 bits per heavy atom. The summed E-state index contributed by atoms with van der Waals surface area (Å²) in [5, 5.41) is 29.5. The molecule has 1 radical (unpaired) electrons. The summed E-state index contributed by atoms with van der Waals surface area (Å²) < 4.78 is 0. The van der Waals surface area contributed by atoms with Gasteiger partial charge in [-0.2, -0.15) is 0 Å². The molecule has 0 saturated carbocycles. The first kappa shape index (κ1) is 22.5. The van der Waals surface area contributed by atoms with Crippen LogP contribution in [0.15, 0.2) is 0 Å². The van der Waals surface area contributed by atoms with E-state index in [1.165, 1.54) is 0 Å². The summed E-state index contributed by atoms with van der Waals surface area (Å²) in [4.78, 5) is 16.5. The summed E-state index contributed by atoms with van der Waals surface area (Å²) in [6.07, 6.45) is 0. The van der Waals surface area contributed by atoms with Gasteiger partial charge in [-0.05, 0) is 0 Å². The third-order valence-corrected chi connectivity index (χ3v) is 0. The van der Waals surface area contributed by atoms with Crippen LogP contribution >= 0.6 is 0 Å². The molecule has 4 N–H and O–H groups in total. The molecule has 0 aromatic heterocycles. The minimum Gasteiger partial charge on any atom is -0.356 e. The van der Waals surface area contributed by atoms with Crippen molar-refractivity contribution in [3.05, 3.63) is 30.6 Å². The molecule has 0 unspecified atom stereocenters. The fourth-order valence-electron chi connectivity index (χ4n) is 0.